The molecule has 1 unspecified atom stereocenters. The second-order valence-electron chi connectivity index (χ2n) is 3.73. The van der Waals surface area contributed by atoms with E-state index in [0.717, 1.165) is 4.47 Å². The Bertz CT molecular complexity index is 589. The molecular formula is C13H8Br2ClFO. The zero-order valence-electron chi connectivity index (χ0n) is 9.00. The molecular weight excluding hydrogens is 386 g/mol. The molecule has 94 valence electrons. The minimum absolute atomic E-state index is 0.189. The van der Waals surface area contributed by atoms with Crippen molar-refractivity contribution in [1.29, 1.82) is 0 Å². The van der Waals surface area contributed by atoms with Crippen LogP contribution in [0.15, 0.2) is 45.3 Å². The van der Waals surface area contributed by atoms with Gasteiger partial charge in [-0.2, -0.15) is 0 Å². The second kappa shape index (κ2) is 5.70. The number of rotatable bonds is 2. The molecule has 0 heterocycles. The number of benzene rings is 2. The highest BCUT2D eigenvalue weighted by Crippen LogP contribution is 2.32. The van der Waals surface area contributed by atoms with Gasteiger partial charge < -0.3 is 5.11 Å². The molecule has 2 aromatic rings. The van der Waals surface area contributed by atoms with Gasteiger partial charge in [0.25, 0.3) is 0 Å². The Balaban J connectivity index is 2.47. The van der Waals surface area contributed by atoms with Crippen molar-refractivity contribution in [2.24, 2.45) is 0 Å². The molecule has 0 fully saturated rings. The molecule has 1 nitrogen and oxygen atoms in total. The summed E-state index contributed by atoms with van der Waals surface area (Å²) in [7, 11) is 0. The maximum Gasteiger partial charge on any atom is 0.129 e. The van der Waals surface area contributed by atoms with Gasteiger partial charge in [-0.3, -0.25) is 0 Å². The number of aliphatic hydroxyl groups is 1. The fourth-order valence-corrected chi connectivity index (χ4v) is 2.77. The van der Waals surface area contributed by atoms with Crippen LogP contribution in [0, 0.1) is 5.82 Å². The third-order valence-electron chi connectivity index (χ3n) is 2.51. The van der Waals surface area contributed by atoms with Crippen LogP contribution in [0.25, 0.3) is 0 Å². The highest BCUT2D eigenvalue weighted by molar-refractivity contribution is 9.10. The molecule has 0 aliphatic heterocycles. The highest BCUT2D eigenvalue weighted by atomic mass is 79.9. The average Bonchev–Trinajstić information content (AvgIpc) is 2.31. The van der Waals surface area contributed by atoms with Crippen LogP contribution < -0.4 is 0 Å². The summed E-state index contributed by atoms with van der Waals surface area (Å²) in [5.41, 5.74) is 0.658. The summed E-state index contributed by atoms with van der Waals surface area (Å²) in [6.07, 6.45) is -1.09. The van der Waals surface area contributed by atoms with E-state index in [-0.39, 0.29) is 5.56 Å². The molecule has 0 bridgehead atoms. The van der Waals surface area contributed by atoms with Gasteiger partial charge in [0.05, 0.1) is 0 Å². The highest BCUT2D eigenvalue weighted by Gasteiger charge is 2.18. The summed E-state index contributed by atoms with van der Waals surface area (Å²) < 4.78 is 15.2. The Morgan fingerprint density at radius 1 is 1.00 bits per heavy atom. The van der Waals surface area contributed by atoms with E-state index in [4.69, 9.17) is 11.6 Å². The third kappa shape index (κ3) is 2.94. The van der Waals surface area contributed by atoms with Crippen molar-refractivity contribution in [1.82, 2.24) is 0 Å². The lowest BCUT2D eigenvalue weighted by Gasteiger charge is -2.14. The first-order chi connectivity index (χ1) is 8.49. The van der Waals surface area contributed by atoms with Gasteiger partial charge in [-0.1, -0.05) is 49.5 Å². The SMILES string of the molecule is OC(c1cc(Br)ccc1F)c1ccc(Br)cc1Cl. The Hall–Kier alpha value is -0.420. The standard InChI is InChI=1S/C13H8Br2ClFO/c14-7-2-4-12(17)10(5-7)13(18)9-3-1-8(15)6-11(9)16/h1-6,13,18H. The number of aliphatic hydroxyl groups excluding tert-OH is 1. The summed E-state index contributed by atoms with van der Waals surface area (Å²) >= 11 is 12.6. The quantitative estimate of drug-likeness (QED) is 0.753. The van der Waals surface area contributed by atoms with Gasteiger partial charge in [0.15, 0.2) is 0 Å². The zero-order valence-corrected chi connectivity index (χ0v) is 12.9. The molecule has 2 aromatic carbocycles. The lowest BCUT2D eigenvalue weighted by molar-refractivity contribution is 0.215. The smallest absolute Gasteiger partial charge is 0.129 e. The van der Waals surface area contributed by atoms with Crippen LogP contribution in [0.3, 0.4) is 0 Å². The minimum Gasteiger partial charge on any atom is -0.383 e. The van der Waals surface area contributed by atoms with E-state index in [2.05, 4.69) is 31.9 Å². The Morgan fingerprint density at radius 2 is 1.61 bits per heavy atom. The summed E-state index contributed by atoms with van der Waals surface area (Å²) in [5.74, 6) is -0.468. The lowest BCUT2D eigenvalue weighted by atomic mass is 10.0. The van der Waals surface area contributed by atoms with Gasteiger partial charge in [-0.25, -0.2) is 4.39 Å². The molecule has 0 saturated carbocycles. The Labute approximate surface area is 126 Å². The minimum atomic E-state index is -1.09. The summed E-state index contributed by atoms with van der Waals surface area (Å²) in [6, 6.07) is 9.50. The molecule has 0 aliphatic rings. The largest absolute Gasteiger partial charge is 0.383 e. The predicted octanol–water partition coefficient (Wildman–Crippen LogP) is 5.09. The van der Waals surface area contributed by atoms with E-state index in [1.165, 1.54) is 6.07 Å². The van der Waals surface area contributed by atoms with Crippen LogP contribution in [0.4, 0.5) is 4.39 Å². The van der Waals surface area contributed by atoms with E-state index >= 15 is 0 Å². The van der Waals surface area contributed by atoms with Crippen molar-refractivity contribution in [3.8, 4) is 0 Å². The third-order valence-corrected chi connectivity index (χ3v) is 3.82. The molecule has 1 atom stereocenters. The molecule has 5 heteroatoms. The summed E-state index contributed by atoms with van der Waals surface area (Å²) in [5, 5.41) is 10.6. The molecule has 2 rings (SSSR count). The van der Waals surface area contributed by atoms with Crippen molar-refractivity contribution in [2.45, 2.75) is 6.10 Å². The normalized spacial score (nSPS) is 12.5. The Kier molecular flexibility index (Phi) is 4.43. The van der Waals surface area contributed by atoms with Crippen molar-refractivity contribution in [3.63, 3.8) is 0 Å². The first kappa shape index (κ1) is 14.0. The molecule has 0 aliphatic carbocycles. The molecule has 0 aromatic heterocycles. The van der Waals surface area contributed by atoms with E-state index in [0.29, 0.717) is 15.1 Å². The maximum atomic E-state index is 13.7. The lowest BCUT2D eigenvalue weighted by Crippen LogP contribution is -2.03. The molecule has 1 N–H and O–H groups in total. The van der Waals surface area contributed by atoms with Gasteiger partial charge in [0, 0.05) is 25.1 Å². The van der Waals surface area contributed by atoms with Crippen LogP contribution in [0.2, 0.25) is 5.02 Å². The van der Waals surface area contributed by atoms with Crippen molar-refractivity contribution in [2.75, 3.05) is 0 Å². The van der Waals surface area contributed by atoms with E-state index in [9.17, 15) is 9.50 Å². The summed E-state index contributed by atoms with van der Waals surface area (Å²) in [6.45, 7) is 0. The monoisotopic (exact) mass is 392 g/mol. The fourth-order valence-electron chi connectivity index (χ4n) is 1.61. The number of hydrogen-bond donors (Lipinski definition) is 1. The van der Waals surface area contributed by atoms with Crippen LogP contribution in [-0.2, 0) is 0 Å². The van der Waals surface area contributed by atoms with Crippen molar-refractivity contribution < 1.29 is 9.50 Å². The number of halogens is 4. The maximum absolute atomic E-state index is 13.7. The number of hydrogen-bond acceptors (Lipinski definition) is 1. The van der Waals surface area contributed by atoms with Crippen molar-refractivity contribution >= 4 is 43.5 Å². The van der Waals surface area contributed by atoms with Crippen LogP contribution in [0.1, 0.15) is 17.2 Å². The zero-order chi connectivity index (χ0) is 13.3. The van der Waals surface area contributed by atoms with E-state index in [1.807, 2.05) is 0 Å². The fraction of sp³-hybridized carbons (Fsp3) is 0.0769. The molecule has 0 spiro atoms. The predicted molar refractivity (Wildman–Crippen MR) is 77.3 cm³/mol. The second-order valence-corrected chi connectivity index (χ2v) is 5.97. The first-order valence-electron chi connectivity index (χ1n) is 5.07. The topological polar surface area (TPSA) is 20.2 Å². The summed E-state index contributed by atoms with van der Waals surface area (Å²) in [4.78, 5) is 0. The average molecular weight is 394 g/mol. The van der Waals surface area contributed by atoms with E-state index in [1.54, 1.807) is 30.3 Å². The van der Waals surface area contributed by atoms with Gasteiger partial charge in [-0.15, -0.1) is 0 Å². The van der Waals surface area contributed by atoms with Crippen molar-refractivity contribution in [3.05, 3.63) is 67.3 Å². The van der Waals surface area contributed by atoms with Crippen LogP contribution in [0.5, 0.6) is 0 Å². The molecule has 0 amide bonds. The van der Waals surface area contributed by atoms with Gasteiger partial charge in [0.1, 0.15) is 11.9 Å². The van der Waals surface area contributed by atoms with Crippen LogP contribution >= 0.6 is 43.5 Å². The molecule has 0 saturated heterocycles. The van der Waals surface area contributed by atoms with Crippen LogP contribution in [-0.4, -0.2) is 5.11 Å². The van der Waals surface area contributed by atoms with Gasteiger partial charge >= 0.3 is 0 Å². The Morgan fingerprint density at radius 3 is 2.28 bits per heavy atom. The molecule has 18 heavy (non-hydrogen) atoms. The first-order valence-corrected chi connectivity index (χ1v) is 7.03. The van der Waals surface area contributed by atoms with Gasteiger partial charge in [0.2, 0.25) is 0 Å². The van der Waals surface area contributed by atoms with Gasteiger partial charge in [-0.05, 0) is 30.3 Å². The van der Waals surface area contributed by atoms with E-state index < -0.39 is 11.9 Å². The molecule has 0 radical (unpaired) electrons.